The number of carboxylic acid groups (broad SMARTS) is 1. The number of hydrogen-bond donors (Lipinski definition) is 4. The number of carboxylic acids is 1. The van der Waals surface area contributed by atoms with E-state index in [0.29, 0.717) is 44.9 Å². The Morgan fingerprint density at radius 1 is 1.00 bits per heavy atom. The van der Waals surface area contributed by atoms with Crippen LogP contribution >= 0.6 is 10.2 Å². The molecule has 5 rings (SSSR count). The third kappa shape index (κ3) is 6.63. The first-order valence-electron chi connectivity index (χ1n) is 13.9. The SMILES string of the molecule is COc1ncnc(N[C@@H]2CCC[C@H](C(=O)O)C2)c1C(=O)N[C@@H]1[C@H]2CC[C@H](C2)[C@@H]1C(=O)Nc1cccc(S(F)(F)(F)(F)F)c1. The summed E-state index contributed by atoms with van der Waals surface area (Å²) in [5.41, 5.74) is -0.465. The van der Waals surface area contributed by atoms with Crippen LogP contribution in [0, 0.1) is 23.7 Å². The predicted octanol–water partition coefficient (Wildman–Crippen LogP) is 5.98. The molecule has 16 heteroatoms. The number of nitrogens with one attached hydrogen (secondary N) is 3. The number of fused-ring (bicyclic) bond motifs is 2. The van der Waals surface area contributed by atoms with Crippen LogP contribution in [0.25, 0.3) is 0 Å². The van der Waals surface area contributed by atoms with Gasteiger partial charge in [-0.15, -0.1) is 0 Å². The van der Waals surface area contributed by atoms with Crippen molar-refractivity contribution in [3.8, 4) is 5.88 Å². The summed E-state index contributed by atoms with van der Waals surface area (Å²) in [6.07, 6.45) is 5.39. The highest BCUT2D eigenvalue weighted by Crippen LogP contribution is 3.02. The lowest BCUT2D eigenvalue weighted by atomic mass is 9.83. The minimum atomic E-state index is -9.96. The maximum atomic E-state index is 13.7. The minimum absolute atomic E-state index is 0.0343. The second-order valence-electron chi connectivity index (χ2n) is 11.5. The lowest BCUT2D eigenvalue weighted by Crippen LogP contribution is -2.48. The molecule has 236 valence electrons. The van der Waals surface area contributed by atoms with Crippen molar-refractivity contribution in [3.05, 3.63) is 36.2 Å². The van der Waals surface area contributed by atoms with Crippen molar-refractivity contribution >= 4 is 39.5 Å². The maximum absolute atomic E-state index is 13.7. The van der Waals surface area contributed by atoms with E-state index < -0.39 is 56.5 Å². The van der Waals surface area contributed by atoms with Crippen molar-refractivity contribution < 1.29 is 43.7 Å². The molecular weight excluding hydrogens is 601 g/mol. The minimum Gasteiger partial charge on any atom is -0.481 e. The fourth-order valence-electron chi connectivity index (χ4n) is 6.72. The highest BCUT2D eigenvalue weighted by atomic mass is 32.5. The molecule has 1 heterocycles. The molecule has 0 unspecified atom stereocenters. The third-order valence-corrected chi connectivity index (χ3v) is 9.81. The van der Waals surface area contributed by atoms with Gasteiger partial charge >= 0.3 is 16.2 Å². The monoisotopic (exact) mass is 633 g/mol. The molecule has 0 spiro atoms. The van der Waals surface area contributed by atoms with Crippen molar-refractivity contribution in [1.82, 2.24) is 15.3 Å². The van der Waals surface area contributed by atoms with Gasteiger partial charge in [-0.3, -0.25) is 14.4 Å². The lowest BCUT2D eigenvalue weighted by Gasteiger charge is -2.40. The number of carbonyl (C=O) groups is 3. The second-order valence-corrected chi connectivity index (χ2v) is 13.9. The Labute approximate surface area is 243 Å². The summed E-state index contributed by atoms with van der Waals surface area (Å²) in [7, 11) is -8.64. The zero-order valence-electron chi connectivity index (χ0n) is 23.1. The first kappa shape index (κ1) is 30.8. The van der Waals surface area contributed by atoms with Crippen LogP contribution in [-0.4, -0.2) is 52.1 Å². The standard InChI is InChI=1S/C27H32F5N5O5S/c1-42-26-21(23(33-13-34-26)35-17-5-2-4-16(11-17)27(40)41)25(39)37-22-15-9-8-14(10-15)20(22)24(38)36-18-6-3-7-19(12-18)43(28,29,30,31)32/h3,6-7,12-17,20,22H,2,4-5,8-11H2,1H3,(H,36,38)(H,37,39)(H,40,41)(H,33,34,35)/t14-,15+,16+,17-,20+,22-/m1/s1. The molecule has 1 aromatic heterocycles. The van der Waals surface area contributed by atoms with Gasteiger partial charge in [0, 0.05) is 17.8 Å². The molecule has 2 amide bonds. The van der Waals surface area contributed by atoms with Gasteiger partial charge in [-0.2, -0.15) is 0 Å². The van der Waals surface area contributed by atoms with Gasteiger partial charge in [0.25, 0.3) is 5.91 Å². The highest BCUT2D eigenvalue weighted by Gasteiger charge is 2.65. The van der Waals surface area contributed by atoms with Gasteiger partial charge in [0.05, 0.1) is 18.9 Å². The summed E-state index contributed by atoms with van der Waals surface area (Å²) in [5.74, 6) is -3.77. The van der Waals surface area contributed by atoms with Crippen molar-refractivity contribution in [2.75, 3.05) is 17.7 Å². The zero-order chi connectivity index (χ0) is 31.2. The summed E-state index contributed by atoms with van der Waals surface area (Å²) in [4.78, 5) is 44.7. The molecule has 0 aliphatic heterocycles. The van der Waals surface area contributed by atoms with Crippen molar-refractivity contribution in [1.29, 1.82) is 0 Å². The number of amides is 2. The number of carbonyl (C=O) groups excluding carboxylic acids is 2. The van der Waals surface area contributed by atoms with Gasteiger partial charge in [0.15, 0.2) is 0 Å². The van der Waals surface area contributed by atoms with Gasteiger partial charge in [0.1, 0.15) is 22.6 Å². The van der Waals surface area contributed by atoms with Gasteiger partial charge < -0.3 is 25.8 Å². The number of ether oxygens (including phenoxy) is 1. The Balaban J connectivity index is 1.36. The van der Waals surface area contributed by atoms with Gasteiger partial charge in [-0.1, -0.05) is 31.9 Å². The van der Waals surface area contributed by atoms with Crippen LogP contribution in [0.2, 0.25) is 0 Å². The van der Waals surface area contributed by atoms with Crippen LogP contribution in [0.3, 0.4) is 0 Å². The molecule has 3 fully saturated rings. The average molecular weight is 634 g/mol. The smallest absolute Gasteiger partial charge is 0.310 e. The number of hydrogen-bond acceptors (Lipinski definition) is 7. The van der Waals surface area contributed by atoms with E-state index in [4.69, 9.17) is 4.74 Å². The summed E-state index contributed by atoms with van der Waals surface area (Å²) < 4.78 is 72.0. The number of anilines is 2. The summed E-state index contributed by atoms with van der Waals surface area (Å²) in [6, 6.07) is 1.39. The molecule has 4 N–H and O–H groups in total. The molecule has 3 saturated carbocycles. The quantitative estimate of drug-likeness (QED) is 0.247. The van der Waals surface area contributed by atoms with E-state index in [0.717, 1.165) is 12.1 Å². The number of nitrogens with zero attached hydrogens (tertiary/aromatic N) is 2. The molecule has 6 atom stereocenters. The lowest BCUT2D eigenvalue weighted by molar-refractivity contribution is -0.142. The van der Waals surface area contributed by atoms with Crippen LogP contribution in [0.4, 0.5) is 30.9 Å². The first-order chi connectivity index (χ1) is 20.0. The fourth-order valence-corrected chi connectivity index (χ4v) is 7.40. The topological polar surface area (TPSA) is 143 Å². The Bertz CT molecular complexity index is 1450. The Morgan fingerprint density at radius 3 is 2.44 bits per heavy atom. The fraction of sp³-hybridized carbons (Fsp3) is 0.519. The number of aromatic nitrogens is 2. The molecule has 0 saturated heterocycles. The van der Waals surface area contributed by atoms with E-state index in [1.165, 1.54) is 13.4 Å². The van der Waals surface area contributed by atoms with E-state index in [2.05, 4.69) is 25.9 Å². The summed E-state index contributed by atoms with van der Waals surface area (Å²) in [5, 5.41) is 17.8. The number of rotatable bonds is 9. The normalized spacial score (nSPS) is 28.3. The number of benzene rings is 1. The van der Waals surface area contributed by atoms with Crippen molar-refractivity contribution in [2.24, 2.45) is 23.7 Å². The highest BCUT2D eigenvalue weighted by molar-refractivity contribution is 8.45. The molecular formula is C27H32F5N5O5S. The Kier molecular flexibility index (Phi) is 7.50. The maximum Gasteiger partial charge on any atom is 0.310 e. The molecule has 3 aliphatic rings. The zero-order valence-corrected chi connectivity index (χ0v) is 23.9. The van der Waals surface area contributed by atoms with Crippen LogP contribution in [-0.2, 0) is 9.59 Å². The molecule has 0 radical (unpaired) electrons. The van der Waals surface area contributed by atoms with E-state index in [-0.39, 0.29) is 47.3 Å². The number of aliphatic carboxylic acids is 1. The van der Waals surface area contributed by atoms with Crippen LogP contribution in [0.1, 0.15) is 55.3 Å². The summed E-state index contributed by atoms with van der Waals surface area (Å²) >= 11 is 0. The van der Waals surface area contributed by atoms with Crippen molar-refractivity contribution in [2.45, 2.75) is 61.9 Å². The number of methoxy groups -OCH3 is 1. The summed E-state index contributed by atoms with van der Waals surface area (Å²) in [6.45, 7) is 0. The van der Waals surface area contributed by atoms with Crippen LogP contribution < -0.4 is 20.7 Å². The predicted molar refractivity (Wildman–Crippen MR) is 148 cm³/mol. The van der Waals surface area contributed by atoms with E-state index in [1.54, 1.807) is 0 Å². The largest absolute Gasteiger partial charge is 0.481 e. The first-order valence-corrected chi connectivity index (χ1v) is 15.8. The van der Waals surface area contributed by atoms with Gasteiger partial charge in [-0.25, -0.2) is 9.97 Å². The van der Waals surface area contributed by atoms with Gasteiger partial charge in [0.2, 0.25) is 11.8 Å². The van der Waals surface area contributed by atoms with Crippen molar-refractivity contribution in [3.63, 3.8) is 0 Å². The molecule has 43 heavy (non-hydrogen) atoms. The molecule has 10 nitrogen and oxygen atoms in total. The average Bonchev–Trinajstić information content (AvgIpc) is 3.54. The third-order valence-electron chi connectivity index (χ3n) is 8.66. The van der Waals surface area contributed by atoms with E-state index >= 15 is 0 Å². The van der Waals surface area contributed by atoms with Gasteiger partial charge in [-0.05, 0) is 68.6 Å². The van der Waals surface area contributed by atoms with Crippen LogP contribution in [0.15, 0.2) is 35.5 Å². The molecule has 1 aromatic carbocycles. The van der Waals surface area contributed by atoms with Crippen LogP contribution in [0.5, 0.6) is 5.88 Å². The Hall–Kier alpha value is -3.69. The molecule has 2 aromatic rings. The number of halogens is 5. The molecule has 3 aliphatic carbocycles. The van der Waals surface area contributed by atoms with E-state index in [1.807, 2.05) is 0 Å². The second kappa shape index (κ2) is 10.5. The Morgan fingerprint density at radius 2 is 1.74 bits per heavy atom. The van der Waals surface area contributed by atoms with E-state index in [9.17, 15) is 38.9 Å². The molecule has 2 bridgehead atoms.